The number of fused-ring (bicyclic) bond motifs is 1. The maximum atomic E-state index is 12.4. The second-order valence-electron chi connectivity index (χ2n) is 6.27. The third kappa shape index (κ3) is 4.21. The highest BCUT2D eigenvalue weighted by Crippen LogP contribution is 2.21. The zero-order valence-electron chi connectivity index (χ0n) is 15.2. The molecule has 0 saturated heterocycles. The molecule has 134 valence electrons. The number of methoxy groups -OCH3 is 1. The number of amides is 1. The summed E-state index contributed by atoms with van der Waals surface area (Å²) in [5, 5.41) is 8.41. The summed E-state index contributed by atoms with van der Waals surface area (Å²) in [6, 6.07) is 20.2. The average Bonchev–Trinajstić information content (AvgIpc) is 2.67. The molecule has 3 aromatic rings. The van der Waals surface area contributed by atoms with Gasteiger partial charge in [0.1, 0.15) is 5.75 Å². The van der Waals surface area contributed by atoms with E-state index in [2.05, 4.69) is 28.8 Å². The van der Waals surface area contributed by atoms with E-state index in [-0.39, 0.29) is 5.91 Å². The molecule has 0 heterocycles. The lowest BCUT2D eigenvalue weighted by atomic mass is 10.0. The molecule has 0 atom stereocenters. The number of hydrogen-bond donors (Lipinski definition) is 2. The summed E-state index contributed by atoms with van der Waals surface area (Å²) in [5.74, 6) is 0.847. The first-order valence-electron chi connectivity index (χ1n) is 8.75. The molecular weight excluding hydrogens is 324 g/mol. The molecule has 4 heteroatoms. The summed E-state index contributed by atoms with van der Waals surface area (Å²) in [4.78, 5) is 12.4. The largest absolute Gasteiger partial charge is 0.496 e. The first-order chi connectivity index (χ1) is 12.7. The number of carbonyl (C=O) groups is 1. The molecule has 0 aliphatic rings. The number of nitrogens with one attached hydrogen (secondary N) is 2. The van der Waals surface area contributed by atoms with E-state index in [0.29, 0.717) is 13.0 Å². The zero-order valence-corrected chi connectivity index (χ0v) is 15.2. The molecule has 26 heavy (non-hydrogen) atoms. The lowest BCUT2D eigenvalue weighted by Gasteiger charge is -2.12. The van der Waals surface area contributed by atoms with Crippen LogP contribution in [0, 0.1) is 0 Å². The molecule has 0 fully saturated rings. The van der Waals surface area contributed by atoms with Crippen LogP contribution >= 0.6 is 0 Å². The Morgan fingerprint density at radius 3 is 2.58 bits per heavy atom. The van der Waals surface area contributed by atoms with Gasteiger partial charge in [-0.05, 0) is 35.0 Å². The Morgan fingerprint density at radius 1 is 0.962 bits per heavy atom. The fourth-order valence-electron chi connectivity index (χ4n) is 3.12. The summed E-state index contributed by atoms with van der Waals surface area (Å²) < 4.78 is 5.44. The monoisotopic (exact) mass is 348 g/mol. The first-order valence-corrected chi connectivity index (χ1v) is 8.75. The van der Waals surface area contributed by atoms with Crippen molar-refractivity contribution in [3.05, 3.63) is 77.4 Å². The maximum absolute atomic E-state index is 12.4. The van der Waals surface area contributed by atoms with Crippen molar-refractivity contribution in [1.82, 2.24) is 10.6 Å². The summed E-state index contributed by atoms with van der Waals surface area (Å²) in [7, 11) is 3.57. The molecule has 4 nitrogen and oxygen atoms in total. The van der Waals surface area contributed by atoms with Crippen molar-refractivity contribution in [1.29, 1.82) is 0 Å². The Balaban J connectivity index is 1.65. The lowest BCUT2D eigenvalue weighted by molar-refractivity contribution is -0.120. The second kappa shape index (κ2) is 8.50. The number of carbonyl (C=O) groups excluding carboxylic acids is 1. The van der Waals surface area contributed by atoms with Gasteiger partial charge in [-0.25, -0.2) is 0 Å². The molecule has 3 rings (SSSR count). The van der Waals surface area contributed by atoms with Crippen LogP contribution in [-0.2, 0) is 24.3 Å². The lowest BCUT2D eigenvalue weighted by Crippen LogP contribution is -2.24. The predicted molar refractivity (Wildman–Crippen MR) is 105 cm³/mol. The van der Waals surface area contributed by atoms with Gasteiger partial charge < -0.3 is 15.4 Å². The Labute approximate surface area is 154 Å². The Kier molecular flexibility index (Phi) is 5.87. The van der Waals surface area contributed by atoms with Crippen molar-refractivity contribution in [3.63, 3.8) is 0 Å². The molecule has 0 radical (unpaired) electrons. The summed E-state index contributed by atoms with van der Waals surface area (Å²) in [6.07, 6.45) is 0.371. The molecule has 0 saturated carbocycles. The van der Waals surface area contributed by atoms with Crippen molar-refractivity contribution in [2.45, 2.75) is 19.5 Å². The Bertz CT molecular complexity index is 900. The summed E-state index contributed by atoms with van der Waals surface area (Å²) >= 11 is 0. The third-order valence-electron chi connectivity index (χ3n) is 4.44. The van der Waals surface area contributed by atoms with Crippen molar-refractivity contribution < 1.29 is 9.53 Å². The van der Waals surface area contributed by atoms with Gasteiger partial charge in [0.25, 0.3) is 0 Å². The van der Waals surface area contributed by atoms with Gasteiger partial charge in [-0.2, -0.15) is 0 Å². The van der Waals surface area contributed by atoms with Gasteiger partial charge in [0, 0.05) is 18.7 Å². The molecule has 0 aliphatic carbocycles. The molecule has 3 aromatic carbocycles. The highest BCUT2D eigenvalue weighted by molar-refractivity contribution is 5.90. The molecule has 1 amide bonds. The van der Waals surface area contributed by atoms with Gasteiger partial charge >= 0.3 is 0 Å². The standard InChI is InChI=1S/C22H24N2O2/c1-23-15-19-11-10-16(12-21(19)26-2)14-24-22(25)13-18-8-5-7-17-6-3-4-9-20(17)18/h3-12,23H,13-15H2,1-2H3,(H,24,25). The molecule has 0 bridgehead atoms. The number of ether oxygens (including phenoxy) is 1. The summed E-state index contributed by atoms with van der Waals surface area (Å²) in [6.45, 7) is 1.23. The molecule has 2 N–H and O–H groups in total. The number of hydrogen-bond acceptors (Lipinski definition) is 3. The van der Waals surface area contributed by atoms with Crippen LogP contribution in [0.3, 0.4) is 0 Å². The molecule has 0 unspecified atom stereocenters. The Morgan fingerprint density at radius 2 is 1.77 bits per heavy atom. The zero-order chi connectivity index (χ0) is 18.4. The van der Waals surface area contributed by atoms with Crippen LogP contribution < -0.4 is 15.4 Å². The van der Waals surface area contributed by atoms with Crippen LogP contribution in [0.25, 0.3) is 10.8 Å². The minimum absolute atomic E-state index is 0.0135. The van der Waals surface area contributed by atoms with Crippen LogP contribution in [0.1, 0.15) is 16.7 Å². The van der Waals surface area contributed by atoms with Gasteiger partial charge in [-0.3, -0.25) is 4.79 Å². The van der Waals surface area contributed by atoms with Crippen LogP contribution in [0.5, 0.6) is 5.75 Å². The molecular formula is C22H24N2O2. The number of benzene rings is 3. The quantitative estimate of drug-likeness (QED) is 0.688. The number of rotatable bonds is 7. The van der Waals surface area contributed by atoms with E-state index in [1.807, 2.05) is 49.5 Å². The van der Waals surface area contributed by atoms with E-state index in [0.717, 1.165) is 39.8 Å². The van der Waals surface area contributed by atoms with Crippen molar-refractivity contribution in [2.24, 2.45) is 0 Å². The van der Waals surface area contributed by atoms with Gasteiger partial charge in [0.15, 0.2) is 0 Å². The van der Waals surface area contributed by atoms with E-state index in [1.54, 1.807) is 7.11 Å². The van der Waals surface area contributed by atoms with Crippen LogP contribution in [0.15, 0.2) is 60.7 Å². The van der Waals surface area contributed by atoms with Gasteiger partial charge in [-0.1, -0.05) is 54.6 Å². The smallest absolute Gasteiger partial charge is 0.224 e. The minimum atomic E-state index is 0.0135. The van der Waals surface area contributed by atoms with Crippen LogP contribution in [0.4, 0.5) is 0 Å². The molecule has 0 aliphatic heterocycles. The highest BCUT2D eigenvalue weighted by atomic mass is 16.5. The van der Waals surface area contributed by atoms with Crippen LogP contribution in [-0.4, -0.2) is 20.1 Å². The van der Waals surface area contributed by atoms with E-state index in [1.165, 1.54) is 0 Å². The van der Waals surface area contributed by atoms with Gasteiger partial charge in [0.05, 0.1) is 13.5 Å². The normalized spacial score (nSPS) is 10.7. The van der Waals surface area contributed by atoms with Gasteiger partial charge in [0.2, 0.25) is 5.91 Å². The fourth-order valence-corrected chi connectivity index (χ4v) is 3.12. The van der Waals surface area contributed by atoms with E-state index >= 15 is 0 Å². The molecule has 0 aromatic heterocycles. The van der Waals surface area contributed by atoms with Crippen molar-refractivity contribution in [2.75, 3.05) is 14.2 Å². The van der Waals surface area contributed by atoms with E-state index < -0.39 is 0 Å². The highest BCUT2D eigenvalue weighted by Gasteiger charge is 2.08. The minimum Gasteiger partial charge on any atom is -0.496 e. The second-order valence-corrected chi connectivity index (χ2v) is 6.27. The SMILES string of the molecule is CNCc1ccc(CNC(=O)Cc2cccc3ccccc23)cc1OC. The predicted octanol–water partition coefficient (Wildman–Crippen LogP) is 3.43. The average molecular weight is 348 g/mol. The van der Waals surface area contributed by atoms with Crippen LogP contribution in [0.2, 0.25) is 0 Å². The van der Waals surface area contributed by atoms with Crippen molar-refractivity contribution >= 4 is 16.7 Å². The Hall–Kier alpha value is -2.85. The van der Waals surface area contributed by atoms with Gasteiger partial charge in [-0.15, -0.1) is 0 Å². The third-order valence-corrected chi connectivity index (χ3v) is 4.44. The van der Waals surface area contributed by atoms with E-state index in [9.17, 15) is 4.79 Å². The van der Waals surface area contributed by atoms with E-state index in [4.69, 9.17) is 4.74 Å². The maximum Gasteiger partial charge on any atom is 0.224 e. The fraction of sp³-hybridized carbons (Fsp3) is 0.227. The van der Waals surface area contributed by atoms with Crippen molar-refractivity contribution in [3.8, 4) is 5.75 Å². The topological polar surface area (TPSA) is 50.4 Å². The molecule has 0 spiro atoms. The summed E-state index contributed by atoms with van der Waals surface area (Å²) in [5.41, 5.74) is 3.16. The first kappa shape index (κ1) is 18.0.